The van der Waals surface area contributed by atoms with E-state index in [0.29, 0.717) is 37.2 Å². The first-order chi connectivity index (χ1) is 17.9. The molecule has 2 aromatic rings. The zero-order valence-corrected chi connectivity index (χ0v) is 20.6. The topological polar surface area (TPSA) is 73.9 Å². The highest BCUT2D eigenvalue weighted by Gasteiger charge is 2.30. The van der Waals surface area contributed by atoms with Gasteiger partial charge in [-0.2, -0.15) is 0 Å². The standard InChI is InChI=1S/C27H31F3N4O3/c28-23-13-20-15-34(16-22(20)24(29)25(23)30)27(36)32-21-3-1-18(2-4-21)19-5-9-33(10-6-19)26(35)31-14-17-7-11-37-12-8-17/h1-4,13,17,19H,5-12,14-16H2,(H,31,35)(H,32,36). The van der Waals surface area contributed by atoms with E-state index in [0.717, 1.165) is 50.5 Å². The summed E-state index contributed by atoms with van der Waals surface area (Å²) in [5, 5.41) is 5.84. The Labute approximate surface area is 213 Å². The van der Waals surface area contributed by atoms with Crippen LogP contribution in [0.4, 0.5) is 28.4 Å². The van der Waals surface area contributed by atoms with Crippen LogP contribution in [0, 0.1) is 23.4 Å². The van der Waals surface area contributed by atoms with E-state index in [4.69, 9.17) is 4.74 Å². The normalized spacial score (nSPS) is 18.6. The molecule has 0 radical (unpaired) electrons. The van der Waals surface area contributed by atoms with Gasteiger partial charge in [0, 0.05) is 50.6 Å². The summed E-state index contributed by atoms with van der Waals surface area (Å²) in [7, 11) is 0. The molecule has 0 atom stereocenters. The Bertz CT molecular complexity index is 1150. The second kappa shape index (κ2) is 11.0. The predicted octanol–water partition coefficient (Wildman–Crippen LogP) is 4.97. The van der Waals surface area contributed by atoms with Crippen LogP contribution in [-0.2, 0) is 17.8 Å². The number of likely N-dealkylation sites (tertiary alicyclic amines) is 1. The van der Waals surface area contributed by atoms with Crippen molar-refractivity contribution in [1.29, 1.82) is 0 Å². The van der Waals surface area contributed by atoms with Gasteiger partial charge in [0.2, 0.25) is 0 Å². The van der Waals surface area contributed by atoms with Crippen molar-refractivity contribution in [2.24, 2.45) is 5.92 Å². The lowest BCUT2D eigenvalue weighted by Crippen LogP contribution is -2.45. The van der Waals surface area contributed by atoms with Crippen LogP contribution in [-0.4, -0.2) is 54.7 Å². The Morgan fingerprint density at radius 2 is 1.59 bits per heavy atom. The lowest BCUT2D eigenvalue weighted by atomic mass is 9.89. The number of ether oxygens (including phenoxy) is 1. The fraction of sp³-hybridized carbons (Fsp3) is 0.481. The van der Waals surface area contributed by atoms with E-state index in [1.54, 1.807) is 0 Å². The highest BCUT2D eigenvalue weighted by Crippen LogP contribution is 2.31. The van der Waals surface area contributed by atoms with Crippen molar-refractivity contribution in [3.8, 4) is 0 Å². The van der Waals surface area contributed by atoms with Gasteiger partial charge in [0.25, 0.3) is 0 Å². The molecule has 0 bridgehead atoms. The maximum absolute atomic E-state index is 14.0. The first-order valence-electron chi connectivity index (χ1n) is 12.8. The van der Waals surface area contributed by atoms with Gasteiger partial charge in [0.05, 0.1) is 6.54 Å². The predicted molar refractivity (Wildman–Crippen MR) is 132 cm³/mol. The van der Waals surface area contributed by atoms with Crippen molar-refractivity contribution in [2.75, 3.05) is 38.2 Å². The van der Waals surface area contributed by atoms with E-state index in [-0.39, 0.29) is 30.2 Å². The van der Waals surface area contributed by atoms with Gasteiger partial charge in [0.15, 0.2) is 17.5 Å². The number of hydrogen-bond acceptors (Lipinski definition) is 3. The minimum absolute atomic E-state index is 0.00239. The van der Waals surface area contributed by atoms with E-state index in [1.807, 2.05) is 29.2 Å². The molecule has 3 heterocycles. The van der Waals surface area contributed by atoms with E-state index in [1.165, 1.54) is 4.90 Å². The number of amides is 4. The lowest BCUT2D eigenvalue weighted by Gasteiger charge is -2.33. The average molecular weight is 517 g/mol. The summed E-state index contributed by atoms with van der Waals surface area (Å²) in [6.45, 7) is 3.50. The number of anilines is 1. The molecule has 37 heavy (non-hydrogen) atoms. The third kappa shape index (κ3) is 5.69. The smallest absolute Gasteiger partial charge is 0.322 e. The molecule has 0 aliphatic carbocycles. The van der Waals surface area contributed by atoms with Crippen LogP contribution in [0.1, 0.15) is 48.3 Å². The molecule has 0 unspecified atom stereocenters. The van der Waals surface area contributed by atoms with Crippen molar-refractivity contribution in [3.05, 3.63) is 64.5 Å². The zero-order chi connectivity index (χ0) is 25.9. The number of nitrogens with zero attached hydrogens (tertiary/aromatic N) is 2. The molecule has 3 aliphatic heterocycles. The lowest BCUT2D eigenvalue weighted by molar-refractivity contribution is 0.0662. The fourth-order valence-corrected chi connectivity index (χ4v) is 5.34. The van der Waals surface area contributed by atoms with Gasteiger partial charge < -0.3 is 25.2 Å². The number of rotatable bonds is 4. The van der Waals surface area contributed by atoms with Gasteiger partial charge in [-0.1, -0.05) is 12.1 Å². The number of urea groups is 2. The van der Waals surface area contributed by atoms with Crippen LogP contribution < -0.4 is 10.6 Å². The number of benzene rings is 2. The van der Waals surface area contributed by atoms with Gasteiger partial charge in [-0.25, -0.2) is 22.8 Å². The summed E-state index contributed by atoms with van der Waals surface area (Å²) in [6.07, 6.45) is 3.70. The first-order valence-corrected chi connectivity index (χ1v) is 12.8. The third-order valence-corrected chi connectivity index (χ3v) is 7.65. The number of nitrogens with one attached hydrogen (secondary N) is 2. The van der Waals surface area contributed by atoms with Crippen LogP contribution >= 0.6 is 0 Å². The Kier molecular flexibility index (Phi) is 7.55. The number of piperidine rings is 1. The molecule has 0 saturated carbocycles. The molecular formula is C27H31F3N4O3. The van der Waals surface area contributed by atoms with Crippen molar-refractivity contribution in [1.82, 2.24) is 15.1 Å². The van der Waals surface area contributed by atoms with E-state index >= 15 is 0 Å². The highest BCUT2D eigenvalue weighted by molar-refractivity contribution is 5.89. The van der Waals surface area contributed by atoms with Crippen LogP contribution in [0.2, 0.25) is 0 Å². The largest absolute Gasteiger partial charge is 0.381 e. The second-order valence-electron chi connectivity index (χ2n) is 10.0. The summed E-state index contributed by atoms with van der Waals surface area (Å²) >= 11 is 0. The minimum Gasteiger partial charge on any atom is -0.381 e. The monoisotopic (exact) mass is 516 g/mol. The van der Waals surface area contributed by atoms with Crippen LogP contribution in [0.5, 0.6) is 0 Å². The maximum atomic E-state index is 14.0. The molecular weight excluding hydrogens is 485 g/mol. The number of hydrogen-bond donors (Lipinski definition) is 2. The fourth-order valence-electron chi connectivity index (χ4n) is 5.34. The SMILES string of the molecule is O=C(NCC1CCOCC1)N1CCC(c2ccc(NC(=O)N3Cc4cc(F)c(F)c(F)c4C3)cc2)CC1. The summed E-state index contributed by atoms with van der Waals surface area (Å²) < 4.78 is 46.4. The summed E-state index contributed by atoms with van der Waals surface area (Å²) in [5.74, 6) is -3.20. The van der Waals surface area contributed by atoms with Crippen molar-refractivity contribution in [2.45, 2.75) is 44.7 Å². The Balaban J connectivity index is 1.09. The van der Waals surface area contributed by atoms with Crippen molar-refractivity contribution in [3.63, 3.8) is 0 Å². The molecule has 0 aromatic heterocycles. The van der Waals surface area contributed by atoms with E-state index < -0.39 is 23.5 Å². The molecule has 10 heteroatoms. The quantitative estimate of drug-likeness (QED) is 0.564. The third-order valence-electron chi connectivity index (χ3n) is 7.65. The number of fused-ring (bicyclic) bond motifs is 1. The number of carbonyl (C=O) groups is 2. The zero-order valence-electron chi connectivity index (χ0n) is 20.6. The second-order valence-corrected chi connectivity index (χ2v) is 10.0. The van der Waals surface area contributed by atoms with Gasteiger partial charge in [-0.05, 0) is 66.8 Å². The molecule has 2 N–H and O–H groups in total. The van der Waals surface area contributed by atoms with Crippen LogP contribution in [0.3, 0.4) is 0 Å². The summed E-state index contributed by atoms with van der Waals surface area (Å²) in [5.41, 5.74) is 1.99. The van der Waals surface area contributed by atoms with Crippen LogP contribution in [0.25, 0.3) is 0 Å². The summed E-state index contributed by atoms with van der Waals surface area (Å²) in [4.78, 5) is 28.4. The maximum Gasteiger partial charge on any atom is 0.322 e. The molecule has 4 amide bonds. The van der Waals surface area contributed by atoms with Crippen LogP contribution in [0.15, 0.2) is 30.3 Å². The Morgan fingerprint density at radius 1 is 0.892 bits per heavy atom. The van der Waals surface area contributed by atoms with Crippen molar-refractivity contribution < 1.29 is 27.5 Å². The van der Waals surface area contributed by atoms with E-state index in [9.17, 15) is 22.8 Å². The number of halogens is 3. The average Bonchev–Trinajstić information content (AvgIpc) is 3.36. The van der Waals surface area contributed by atoms with Crippen molar-refractivity contribution >= 4 is 17.7 Å². The molecule has 7 nitrogen and oxygen atoms in total. The van der Waals surface area contributed by atoms with Gasteiger partial charge in [0.1, 0.15) is 0 Å². The Hall–Kier alpha value is -3.27. The molecule has 2 saturated heterocycles. The van der Waals surface area contributed by atoms with E-state index in [2.05, 4.69) is 10.6 Å². The molecule has 2 fully saturated rings. The Morgan fingerprint density at radius 3 is 2.30 bits per heavy atom. The minimum atomic E-state index is -1.52. The van der Waals surface area contributed by atoms with Gasteiger partial charge >= 0.3 is 12.1 Å². The molecule has 3 aliphatic rings. The molecule has 2 aromatic carbocycles. The molecule has 5 rings (SSSR count). The summed E-state index contributed by atoms with van der Waals surface area (Å²) in [6, 6.07) is 8.01. The number of carbonyl (C=O) groups excluding carboxylic acids is 2. The molecule has 198 valence electrons. The molecule has 0 spiro atoms. The first kappa shape index (κ1) is 25.4. The van der Waals surface area contributed by atoms with Gasteiger partial charge in [-0.3, -0.25) is 0 Å². The van der Waals surface area contributed by atoms with Gasteiger partial charge in [-0.15, -0.1) is 0 Å². The highest BCUT2D eigenvalue weighted by atomic mass is 19.2.